The minimum atomic E-state index is 0.465. The van der Waals surface area contributed by atoms with E-state index in [1.807, 2.05) is 5.57 Å². The molecule has 0 radical (unpaired) electrons. The lowest BCUT2D eigenvalue weighted by Gasteiger charge is -2.58. The van der Waals surface area contributed by atoms with E-state index in [1.54, 1.807) is 5.57 Å². The van der Waals surface area contributed by atoms with Crippen molar-refractivity contribution in [3.8, 4) is 0 Å². The summed E-state index contributed by atoms with van der Waals surface area (Å²) in [5, 5.41) is 0. The molecule has 1 heterocycles. The van der Waals surface area contributed by atoms with Gasteiger partial charge in [0.2, 0.25) is 0 Å². The fraction of sp³-hybridized carbons (Fsp3) is 0.818. The summed E-state index contributed by atoms with van der Waals surface area (Å²) in [7, 11) is 0. The van der Waals surface area contributed by atoms with Crippen LogP contribution in [-0.4, -0.2) is 15.6 Å². The smallest absolute Gasteiger partial charge is 0.0795 e. The third-order valence-electron chi connectivity index (χ3n) is 8.85. The van der Waals surface area contributed by atoms with Gasteiger partial charge in [-0.15, -0.1) is 23.5 Å². The third kappa shape index (κ3) is 2.08. The van der Waals surface area contributed by atoms with Crippen LogP contribution in [0.2, 0.25) is 0 Å². The number of allylic oxidation sites excluding steroid dienone is 2. The molecule has 132 valence electrons. The molecule has 5 unspecified atom stereocenters. The molecule has 1 saturated heterocycles. The van der Waals surface area contributed by atoms with Crippen molar-refractivity contribution < 1.29 is 0 Å². The summed E-state index contributed by atoms with van der Waals surface area (Å²) < 4.78 is 0.465. The molecule has 24 heavy (non-hydrogen) atoms. The first-order valence-corrected chi connectivity index (χ1v) is 12.1. The maximum atomic E-state index is 4.48. The number of fused-ring (bicyclic) bond motifs is 5. The van der Waals surface area contributed by atoms with Crippen LogP contribution in [-0.2, 0) is 0 Å². The zero-order valence-electron chi connectivity index (χ0n) is 15.4. The summed E-state index contributed by atoms with van der Waals surface area (Å²) in [6.07, 6.45) is 14.1. The summed E-state index contributed by atoms with van der Waals surface area (Å²) >= 11 is 4.48. The van der Waals surface area contributed by atoms with E-state index in [1.165, 1.54) is 62.9 Å². The summed E-state index contributed by atoms with van der Waals surface area (Å²) in [5.74, 6) is 5.59. The second-order valence-corrected chi connectivity index (χ2v) is 12.7. The number of hydrogen-bond donors (Lipinski definition) is 0. The highest BCUT2D eigenvalue weighted by Gasteiger charge is 2.58. The van der Waals surface area contributed by atoms with Gasteiger partial charge in [0.1, 0.15) is 0 Å². The first kappa shape index (κ1) is 16.4. The normalized spacial score (nSPS) is 49.5. The molecule has 0 nitrogen and oxygen atoms in total. The fourth-order valence-corrected chi connectivity index (χ4v) is 10.4. The van der Waals surface area contributed by atoms with Gasteiger partial charge < -0.3 is 0 Å². The van der Waals surface area contributed by atoms with Gasteiger partial charge in [-0.25, -0.2) is 0 Å². The Kier molecular flexibility index (Phi) is 3.65. The fourth-order valence-electron chi connectivity index (χ4n) is 7.29. The van der Waals surface area contributed by atoms with E-state index in [0.717, 1.165) is 17.8 Å². The van der Waals surface area contributed by atoms with Crippen LogP contribution in [0, 0.1) is 28.6 Å². The van der Waals surface area contributed by atoms with Crippen molar-refractivity contribution in [3.63, 3.8) is 0 Å². The molecule has 0 N–H and O–H groups in total. The standard InChI is InChI=1S/C22H32S2/c1-15-4-7-18-17-6-5-16-14-22(23-12-13-24-22)11-10-21(16,3)19(17)8-9-20(15,18)2/h14,17-19H,1,4-13H2,2-3H3. The van der Waals surface area contributed by atoms with Gasteiger partial charge in [0.05, 0.1) is 4.08 Å². The highest BCUT2D eigenvalue weighted by atomic mass is 32.2. The first-order chi connectivity index (χ1) is 11.5. The van der Waals surface area contributed by atoms with E-state index < -0.39 is 0 Å². The van der Waals surface area contributed by atoms with Crippen LogP contribution >= 0.6 is 23.5 Å². The quantitative estimate of drug-likeness (QED) is 0.442. The Bertz CT molecular complexity index is 599. The third-order valence-corrected chi connectivity index (χ3v) is 12.3. The van der Waals surface area contributed by atoms with Crippen molar-refractivity contribution in [1.29, 1.82) is 0 Å². The summed E-state index contributed by atoms with van der Waals surface area (Å²) in [5.41, 5.74) is 4.44. The van der Waals surface area contributed by atoms with Crippen molar-refractivity contribution in [2.45, 2.75) is 69.3 Å². The molecule has 1 aliphatic heterocycles. The van der Waals surface area contributed by atoms with E-state index in [4.69, 9.17) is 0 Å². The Balaban J connectivity index is 1.48. The van der Waals surface area contributed by atoms with Crippen molar-refractivity contribution in [1.82, 2.24) is 0 Å². The Labute approximate surface area is 156 Å². The molecule has 4 aliphatic carbocycles. The molecule has 3 saturated carbocycles. The van der Waals surface area contributed by atoms with Crippen molar-refractivity contribution in [3.05, 3.63) is 23.8 Å². The average molecular weight is 361 g/mol. The molecular weight excluding hydrogens is 328 g/mol. The number of thioether (sulfide) groups is 2. The van der Waals surface area contributed by atoms with Crippen molar-refractivity contribution in [2.24, 2.45) is 28.6 Å². The molecule has 0 aromatic carbocycles. The van der Waals surface area contributed by atoms with Crippen LogP contribution < -0.4 is 0 Å². The van der Waals surface area contributed by atoms with E-state index >= 15 is 0 Å². The van der Waals surface area contributed by atoms with Crippen LogP contribution in [0.25, 0.3) is 0 Å². The molecule has 5 aliphatic rings. The summed E-state index contributed by atoms with van der Waals surface area (Å²) in [6, 6.07) is 0. The minimum absolute atomic E-state index is 0.465. The minimum Gasteiger partial charge on any atom is -0.139 e. The molecule has 0 aromatic rings. The monoisotopic (exact) mass is 360 g/mol. The van der Waals surface area contributed by atoms with E-state index in [2.05, 4.69) is 50.0 Å². The van der Waals surface area contributed by atoms with Gasteiger partial charge in [0.15, 0.2) is 0 Å². The maximum absolute atomic E-state index is 4.48. The SMILES string of the molecule is C=C1CCC2C3CCC4=CC5(CCC4(C)C3CCC12C)SCCS5. The Morgan fingerprint density at radius 3 is 2.46 bits per heavy atom. The lowest BCUT2D eigenvalue weighted by Crippen LogP contribution is -2.50. The second-order valence-electron chi connectivity index (χ2n) is 9.61. The molecule has 4 fully saturated rings. The summed E-state index contributed by atoms with van der Waals surface area (Å²) in [4.78, 5) is 0. The molecule has 5 rings (SSSR count). The van der Waals surface area contributed by atoms with Crippen molar-refractivity contribution in [2.75, 3.05) is 11.5 Å². The van der Waals surface area contributed by atoms with Crippen LogP contribution in [0.4, 0.5) is 0 Å². The predicted molar refractivity (Wildman–Crippen MR) is 108 cm³/mol. The molecule has 0 amide bonds. The zero-order valence-corrected chi connectivity index (χ0v) is 17.0. The Morgan fingerprint density at radius 1 is 0.917 bits per heavy atom. The van der Waals surface area contributed by atoms with Gasteiger partial charge in [0, 0.05) is 11.5 Å². The molecular formula is C22H32S2. The van der Waals surface area contributed by atoms with Crippen LogP contribution in [0.1, 0.15) is 65.2 Å². The molecule has 0 bridgehead atoms. The van der Waals surface area contributed by atoms with E-state index in [9.17, 15) is 0 Å². The van der Waals surface area contributed by atoms with Crippen molar-refractivity contribution >= 4 is 23.5 Å². The largest absolute Gasteiger partial charge is 0.139 e. The van der Waals surface area contributed by atoms with Crippen LogP contribution in [0.15, 0.2) is 23.8 Å². The second kappa shape index (κ2) is 5.35. The maximum Gasteiger partial charge on any atom is 0.0795 e. The van der Waals surface area contributed by atoms with Crippen LogP contribution in [0.5, 0.6) is 0 Å². The van der Waals surface area contributed by atoms with Gasteiger partial charge in [-0.05, 0) is 80.0 Å². The number of rotatable bonds is 0. The average Bonchev–Trinajstić information content (AvgIpc) is 3.14. The lowest BCUT2D eigenvalue weighted by atomic mass is 9.47. The van der Waals surface area contributed by atoms with Crippen LogP contribution in [0.3, 0.4) is 0 Å². The molecule has 2 heteroatoms. The summed E-state index contributed by atoms with van der Waals surface area (Å²) in [6.45, 7) is 9.68. The highest BCUT2D eigenvalue weighted by Crippen LogP contribution is 2.68. The molecule has 5 atom stereocenters. The Morgan fingerprint density at radius 2 is 1.67 bits per heavy atom. The van der Waals surface area contributed by atoms with Gasteiger partial charge in [0.25, 0.3) is 0 Å². The highest BCUT2D eigenvalue weighted by molar-refractivity contribution is 8.21. The molecule has 1 spiro atoms. The van der Waals surface area contributed by atoms with Gasteiger partial charge >= 0.3 is 0 Å². The number of hydrogen-bond acceptors (Lipinski definition) is 2. The lowest BCUT2D eigenvalue weighted by molar-refractivity contribution is -0.0255. The van der Waals surface area contributed by atoms with Gasteiger partial charge in [-0.2, -0.15) is 0 Å². The Hall–Kier alpha value is 0.180. The molecule has 0 aromatic heterocycles. The van der Waals surface area contributed by atoms with E-state index in [0.29, 0.717) is 14.9 Å². The van der Waals surface area contributed by atoms with E-state index in [-0.39, 0.29) is 0 Å². The predicted octanol–water partition coefficient (Wildman–Crippen LogP) is 6.68. The topological polar surface area (TPSA) is 0 Å². The van der Waals surface area contributed by atoms with Gasteiger partial charge in [-0.1, -0.05) is 37.6 Å². The first-order valence-electron chi connectivity index (χ1n) is 10.2. The zero-order chi connectivity index (χ0) is 16.6. The van der Waals surface area contributed by atoms with Gasteiger partial charge in [-0.3, -0.25) is 0 Å².